The Morgan fingerprint density at radius 2 is 1.88 bits per heavy atom. The third-order valence-electron chi connectivity index (χ3n) is 3.71. The Hall–Kier alpha value is -3.22. The Morgan fingerprint density at radius 1 is 1.16 bits per heavy atom. The average Bonchev–Trinajstić information content (AvgIpc) is 2.99. The molecule has 2 heterocycles. The van der Waals surface area contributed by atoms with Gasteiger partial charge in [0, 0.05) is 11.3 Å². The van der Waals surface area contributed by atoms with E-state index >= 15 is 0 Å². The largest absolute Gasteiger partial charge is 0.466 e. The van der Waals surface area contributed by atoms with E-state index in [1.165, 1.54) is 7.11 Å². The highest BCUT2D eigenvalue weighted by atomic mass is 16.6. The Kier molecular flexibility index (Phi) is 4.47. The molecule has 0 aliphatic rings. The second kappa shape index (κ2) is 6.72. The van der Waals surface area contributed by atoms with Gasteiger partial charge in [0.15, 0.2) is 0 Å². The number of carbonyl (C=O) groups excluding carboxylic acids is 2. The van der Waals surface area contributed by atoms with Crippen LogP contribution >= 0.6 is 0 Å². The Bertz CT molecular complexity index is 933. The van der Waals surface area contributed by atoms with Crippen LogP contribution in [0.4, 0.5) is 0 Å². The van der Waals surface area contributed by atoms with Gasteiger partial charge in [0.2, 0.25) is 6.10 Å². The average molecular weight is 340 g/mol. The molecular formula is C18H16N2O5. The number of methoxy groups -OCH3 is 1. The number of hydrogen-bond acceptors (Lipinski definition) is 7. The van der Waals surface area contributed by atoms with Gasteiger partial charge < -0.3 is 14.0 Å². The molecule has 0 saturated heterocycles. The number of fused-ring (bicyclic) bond motifs is 1. The molecule has 0 saturated carbocycles. The van der Waals surface area contributed by atoms with Crippen molar-refractivity contribution in [1.82, 2.24) is 10.1 Å². The van der Waals surface area contributed by atoms with E-state index in [0.717, 1.165) is 0 Å². The van der Waals surface area contributed by atoms with Crippen LogP contribution in [0, 0.1) is 13.8 Å². The fourth-order valence-corrected chi connectivity index (χ4v) is 2.54. The molecule has 7 heteroatoms. The van der Waals surface area contributed by atoms with E-state index in [-0.39, 0.29) is 11.3 Å². The highest BCUT2D eigenvalue weighted by Gasteiger charge is 2.28. The molecule has 1 aromatic carbocycles. The molecule has 1 atom stereocenters. The fourth-order valence-electron chi connectivity index (χ4n) is 2.54. The first-order valence-corrected chi connectivity index (χ1v) is 7.58. The Morgan fingerprint density at radius 3 is 2.56 bits per heavy atom. The summed E-state index contributed by atoms with van der Waals surface area (Å²) < 4.78 is 15.3. The van der Waals surface area contributed by atoms with Crippen molar-refractivity contribution < 1.29 is 23.6 Å². The van der Waals surface area contributed by atoms with Crippen molar-refractivity contribution in [2.75, 3.05) is 7.11 Å². The van der Waals surface area contributed by atoms with Crippen molar-refractivity contribution in [3.8, 4) is 0 Å². The summed E-state index contributed by atoms with van der Waals surface area (Å²) in [6.45, 7) is 3.43. The molecule has 0 N–H and O–H groups in total. The van der Waals surface area contributed by atoms with Crippen molar-refractivity contribution >= 4 is 23.0 Å². The summed E-state index contributed by atoms with van der Waals surface area (Å²) in [7, 11) is 1.24. The number of hydrogen-bond donors (Lipinski definition) is 0. The minimum atomic E-state index is -1.16. The SMILES string of the molecule is COC(=O)C(OC(=O)c1cc(C)nc2onc(C)c12)c1ccccc1. The number of carbonyl (C=O) groups is 2. The lowest BCUT2D eigenvalue weighted by Crippen LogP contribution is -2.21. The zero-order valence-electron chi connectivity index (χ0n) is 14.0. The van der Waals surface area contributed by atoms with Crippen LogP contribution in [0.25, 0.3) is 11.1 Å². The molecule has 1 unspecified atom stereocenters. The highest BCUT2D eigenvalue weighted by Crippen LogP contribution is 2.26. The molecule has 0 amide bonds. The molecule has 0 bridgehead atoms. The standard InChI is InChI=1S/C18H16N2O5/c1-10-9-13(14-11(2)20-25-16(14)19-10)17(21)24-15(18(22)23-3)12-7-5-4-6-8-12/h4-9,15H,1-3H3. The van der Waals surface area contributed by atoms with Crippen molar-refractivity contribution in [3.05, 3.63) is 58.9 Å². The third-order valence-corrected chi connectivity index (χ3v) is 3.71. The van der Waals surface area contributed by atoms with Gasteiger partial charge in [-0.1, -0.05) is 35.5 Å². The Labute approximate surface area is 143 Å². The van der Waals surface area contributed by atoms with Gasteiger partial charge >= 0.3 is 11.9 Å². The predicted molar refractivity (Wildman–Crippen MR) is 87.9 cm³/mol. The van der Waals surface area contributed by atoms with Crippen molar-refractivity contribution in [1.29, 1.82) is 0 Å². The van der Waals surface area contributed by atoms with Gasteiger partial charge in [0.1, 0.15) is 0 Å². The molecule has 3 aromatic rings. The van der Waals surface area contributed by atoms with E-state index in [0.29, 0.717) is 22.3 Å². The molecule has 0 aliphatic carbocycles. The number of ether oxygens (including phenoxy) is 2. The van der Waals surface area contributed by atoms with Crippen molar-refractivity contribution in [2.24, 2.45) is 0 Å². The fraction of sp³-hybridized carbons (Fsp3) is 0.222. The summed E-state index contributed by atoms with van der Waals surface area (Å²) in [5.74, 6) is -1.34. The normalized spacial score (nSPS) is 12.0. The topological polar surface area (TPSA) is 91.5 Å². The summed E-state index contributed by atoms with van der Waals surface area (Å²) in [5, 5.41) is 4.30. The van der Waals surface area contributed by atoms with E-state index < -0.39 is 18.0 Å². The predicted octanol–water partition coefficient (Wildman–Crippen LogP) is 2.91. The minimum absolute atomic E-state index is 0.242. The van der Waals surface area contributed by atoms with Crippen LogP contribution in [0.1, 0.15) is 33.4 Å². The summed E-state index contributed by atoms with van der Waals surface area (Å²) >= 11 is 0. The molecular weight excluding hydrogens is 324 g/mol. The van der Waals surface area contributed by atoms with Crippen LogP contribution in [0.5, 0.6) is 0 Å². The summed E-state index contributed by atoms with van der Waals surface area (Å²) in [6, 6.07) is 10.3. The van der Waals surface area contributed by atoms with Gasteiger partial charge in [0.05, 0.1) is 23.8 Å². The smallest absolute Gasteiger partial charge is 0.351 e. The maximum atomic E-state index is 12.7. The zero-order chi connectivity index (χ0) is 18.0. The molecule has 128 valence electrons. The quantitative estimate of drug-likeness (QED) is 0.674. The van der Waals surface area contributed by atoms with Crippen LogP contribution in [-0.4, -0.2) is 29.2 Å². The van der Waals surface area contributed by atoms with Gasteiger partial charge in [-0.05, 0) is 19.9 Å². The van der Waals surface area contributed by atoms with Gasteiger partial charge in [-0.2, -0.15) is 0 Å². The summed E-state index contributed by atoms with van der Waals surface area (Å²) in [4.78, 5) is 29.0. The lowest BCUT2D eigenvalue weighted by atomic mass is 10.1. The molecule has 7 nitrogen and oxygen atoms in total. The van der Waals surface area contributed by atoms with Crippen LogP contribution in [-0.2, 0) is 14.3 Å². The second-order valence-electron chi connectivity index (χ2n) is 5.48. The summed E-state index contributed by atoms with van der Waals surface area (Å²) in [5.41, 5.74) is 2.10. The van der Waals surface area contributed by atoms with E-state index in [1.54, 1.807) is 50.2 Å². The minimum Gasteiger partial charge on any atom is -0.466 e. The molecule has 0 aliphatic heterocycles. The van der Waals surface area contributed by atoms with E-state index in [4.69, 9.17) is 14.0 Å². The number of aromatic nitrogens is 2. The number of nitrogens with zero attached hydrogens (tertiary/aromatic N) is 2. The molecule has 3 rings (SSSR count). The van der Waals surface area contributed by atoms with Crippen molar-refractivity contribution in [3.63, 3.8) is 0 Å². The van der Waals surface area contributed by atoms with Crippen LogP contribution in [0.3, 0.4) is 0 Å². The summed E-state index contributed by atoms with van der Waals surface area (Å²) in [6.07, 6.45) is -1.16. The molecule has 0 fully saturated rings. The number of benzene rings is 1. The van der Waals surface area contributed by atoms with Gasteiger partial charge in [0.25, 0.3) is 5.71 Å². The first kappa shape index (κ1) is 16.6. The number of pyridine rings is 1. The molecule has 0 radical (unpaired) electrons. The molecule has 25 heavy (non-hydrogen) atoms. The van der Waals surface area contributed by atoms with Gasteiger partial charge in [-0.3, -0.25) is 0 Å². The van der Waals surface area contributed by atoms with E-state index in [2.05, 4.69) is 10.1 Å². The van der Waals surface area contributed by atoms with Crippen LogP contribution in [0.15, 0.2) is 40.9 Å². The first-order chi connectivity index (χ1) is 12.0. The second-order valence-corrected chi connectivity index (χ2v) is 5.48. The zero-order valence-corrected chi connectivity index (χ0v) is 14.0. The van der Waals surface area contributed by atoms with Gasteiger partial charge in [-0.15, -0.1) is 0 Å². The lowest BCUT2D eigenvalue weighted by molar-refractivity contribution is -0.151. The van der Waals surface area contributed by atoms with Crippen LogP contribution in [0.2, 0.25) is 0 Å². The number of esters is 2. The number of aryl methyl sites for hydroxylation is 2. The van der Waals surface area contributed by atoms with Crippen LogP contribution < -0.4 is 0 Å². The molecule has 0 spiro atoms. The maximum absolute atomic E-state index is 12.7. The van der Waals surface area contributed by atoms with E-state index in [9.17, 15) is 9.59 Å². The van der Waals surface area contributed by atoms with Gasteiger partial charge in [-0.25, -0.2) is 14.6 Å². The third kappa shape index (κ3) is 3.21. The first-order valence-electron chi connectivity index (χ1n) is 7.58. The van der Waals surface area contributed by atoms with Crippen molar-refractivity contribution in [2.45, 2.75) is 20.0 Å². The van der Waals surface area contributed by atoms with E-state index in [1.807, 2.05) is 0 Å². The highest BCUT2D eigenvalue weighted by molar-refractivity contribution is 6.03. The maximum Gasteiger partial charge on any atom is 0.351 e. The molecule has 2 aromatic heterocycles. The lowest BCUT2D eigenvalue weighted by Gasteiger charge is -2.16. The number of rotatable bonds is 4. The Balaban J connectivity index is 2.00. The monoisotopic (exact) mass is 340 g/mol.